The topological polar surface area (TPSA) is 66.4 Å². The summed E-state index contributed by atoms with van der Waals surface area (Å²) >= 11 is 3.09. The highest BCUT2D eigenvalue weighted by atomic mass is 32.2. The molecule has 1 aromatic heterocycles. The highest BCUT2D eigenvalue weighted by molar-refractivity contribution is 8.01. The Hall–Kier alpha value is -1.79. The first-order valence-corrected chi connectivity index (χ1v) is 8.27. The Labute approximate surface area is 131 Å². The van der Waals surface area contributed by atoms with Crippen LogP contribution >= 0.6 is 23.1 Å². The number of anilines is 1. The molecule has 0 fully saturated rings. The number of hydrogen-bond acceptors (Lipinski definition) is 4. The van der Waals surface area contributed by atoms with Gasteiger partial charge in [-0.3, -0.25) is 9.59 Å². The van der Waals surface area contributed by atoms with E-state index in [0.717, 1.165) is 9.77 Å². The summed E-state index contributed by atoms with van der Waals surface area (Å²) < 4.78 is 1.10. The molecule has 6 heteroatoms. The minimum absolute atomic E-state index is 0.0524. The molecule has 0 unspecified atom stereocenters. The van der Waals surface area contributed by atoms with E-state index in [1.807, 2.05) is 35.7 Å². The molecule has 2 aromatic rings. The third-order valence-electron chi connectivity index (χ3n) is 2.74. The molecule has 2 N–H and O–H groups in total. The molecule has 0 saturated heterocycles. The number of carbonyl (C=O) groups is 2. The third-order valence-corrected chi connectivity index (χ3v) is 4.87. The van der Waals surface area contributed by atoms with Crippen molar-refractivity contribution < 1.29 is 14.7 Å². The van der Waals surface area contributed by atoms with E-state index in [1.54, 1.807) is 17.4 Å². The number of rotatable bonds is 7. The lowest BCUT2D eigenvalue weighted by molar-refractivity contribution is -0.136. The second-order valence-electron chi connectivity index (χ2n) is 4.32. The molecule has 0 bridgehead atoms. The van der Waals surface area contributed by atoms with Crippen molar-refractivity contribution in [2.75, 3.05) is 11.1 Å². The molecule has 1 aromatic carbocycles. The number of carboxylic acid groups (broad SMARTS) is 1. The van der Waals surface area contributed by atoms with Crippen molar-refractivity contribution in [3.05, 3.63) is 47.3 Å². The number of aryl methyl sites for hydroxylation is 1. The van der Waals surface area contributed by atoms with E-state index in [4.69, 9.17) is 5.11 Å². The molecule has 0 spiro atoms. The van der Waals surface area contributed by atoms with Crippen LogP contribution in [0.2, 0.25) is 0 Å². The molecule has 110 valence electrons. The fourth-order valence-electron chi connectivity index (χ4n) is 1.77. The molecule has 0 saturated carbocycles. The minimum Gasteiger partial charge on any atom is -0.481 e. The second-order valence-corrected chi connectivity index (χ2v) is 6.54. The highest BCUT2D eigenvalue weighted by Crippen LogP contribution is 2.24. The van der Waals surface area contributed by atoms with Crippen LogP contribution in [0, 0.1) is 0 Å². The van der Waals surface area contributed by atoms with Crippen molar-refractivity contribution >= 4 is 40.7 Å². The molecular weight excluding hydrogens is 306 g/mol. The SMILES string of the molecule is O=C(O)CCc1ccccc1NC(=O)CSc1cccs1. The van der Waals surface area contributed by atoms with Crippen LogP contribution in [-0.4, -0.2) is 22.7 Å². The van der Waals surface area contributed by atoms with Gasteiger partial charge in [-0.05, 0) is 29.5 Å². The van der Waals surface area contributed by atoms with E-state index >= 15 is 0 Å². The Bertz CT molecular complexity index is 611. The first-order chi connectivity index (χ1) is 10.1. The van der Waals surface area contributed by atoms with Gasteiger partial charge in [0.2, 0.25) is 5.91 Å². The average molecular weight is 321 g/mol. The summed E-state index contributed by atoms with van der Waals surface area (Å²) in [4.78, 5) is 22.6. The van der Waals surface area contributed by atoms with Crippen LogP contribution in [-0.2, 0) is 16.0 Å². The van der Waals surface area contributed by atoms with Gasteiger partial charge in [-0.15, -0.1) is 23.1 Å². The zero-order chi connectivity index (χ0) is 15.1. The summed E-state index contributed by atoms with van der Waals surface area (Å²) in [5.74, 6) is -0.589. The first kappa shape index (κ1) is 15.6. The van der Waals surface area contributed by atoms with Crippen LogP contribution in [0.4, 0.5) is 5.69 Å². The van der Waals surface area contributed by atoms with E-state index in [1.165, 1.54) is 11.8 Å². The van der Waals surface area contributed by atoms with Gasteiger partial charge in [0.05, 0.1) is 9.96 Å². The van der Waals surface area contributed by atoms with Crippen LogP contribution in [0.25, 0.3) is 0 Å². The summed E-state index contributed by atoms with van der Waals surface area (Å²) in [6.45, 7) is 0. The monoisotopic (exact) mass is 321 g/mol. The minimum atomic E-state index is -0.843. The van der Waals surface area contributed by atoms with Crippen molar-refractivity contribution in [3.63, 3.8) is 0 Å². The van der Waals surface area contributed by atoms with Gasteiger partial charge < -0.3 is 10.4 Å². The van der Waals surface area contributed by atoms with Crippen molar-refractivity contribution in [3.8, 4) is 0 Å². The van der Waals surface area contributed by atoms with Gasteiger partial charge in [0.1, 0.15) is 0 Å². The number of benzene rings is 1. The number of thiophene rings is 1. The summed E-state index contributed by atoms with van der Waals surface area (Å²) in [7, 11) is 0. The molecular formula is C15H15NO3S2. The molecule has 0 aliphatic rings. The number of carboxylic acids is 1. The quantitative estimate of drug-likeness (QED) is 0.766. The standard InChI is InChI=1S/C15H15NO3S2/c17-13(10-21-15-6-3-9-20-15)16-12-5-2-1-4-11(12)7-8-14(18)19/h1-6,9H,7-8,10H2,(H,16,17)(H,18,19). The number of nitrogens with one attached hydrogen (secondary N) is 1. The second kappa shape index (κ2) is 7.85. The molecule has 0 atom stereocenters. The Morgan fingerprint density at radius 2 is 2.00 bits per heavy atom. The highest BCUT2D eigenvalue weighted by Gasteiger charge is 2.08. The van der Waals surface area contributed by atoms with E-state index < -0.39 is 5.97 Å². The predicted molar refractivity (Wildman–Crippen MR) is 86.1 cm³/mol. The number of thioether (sulfide) groups is 1. The predicted octanol–water partition coefficient (Wildman–Crippen LogP) is 3.50. The average Bonchev–Trinajstić information content (AvgIpc) is 2.97. The van der Waals surface area contributed by atoms with Gasteiger partial charge in [-0.1, -0.05) is 24.3 Å². The van der Waals surface area contributed by atoms with Crippen molar-refractivity contribution in [2.45, 2.75) is 17.1 Å². The summed E-state index contributed by atoms with van der Waals surface area (Å²) in [5.41, 5.74) is 1.53. The van der Waals surface area contributed by atoms with Crippen LogP contribution in [0.3, 0.4) is 0 Å². The molecule has 2 rings (SSSR count). The maximum absolute atomic E-state index is 12.0. The normalized spacial score (nSPS) is 10.3. The molecule has 1 heterocycles. The lowest BCUT2D eigenvalue weighted by Gasteiger charge is -2.10. The first-order valence-electron chi connectivity index (χ1n) is 6.41. The van der Waals surface area contributed by atoms with E-state index in [9.17, 15) is 9.59 Å². The summed E-state index contributed by atoms with van der Waals surface area (Å²) in [5, 5.41) is 13.6. The van der Waals surface area contributed by atoms with Crippen molar-refractivity contribution in [1.82, 2.24) is 0 Å². The Balaban J connectivity index is 1.92. The van der Waals surface area contributed by atoms with Gasteiger partial charge in [0, 0.05) is 12.1 Å². The number of carbonyl (C=O) groups excluding carboxylic acids is 1. The van der Waals surface area contributed by atoms with E-state index in [-0.39, 0.29) is 12.3 Å². The third kappa shape index (κ3) is 5.24. The lowest BCUT2D eigenvalue weighted by atomic mass is 10.1. The van der Waals surface area contributed by atoms with Crippen LogP contribution in [0.1, 0.15) is 12.0 Å². The largest absolute Gasteiger partial charge is 0.481 e. The van der Waals surface area contributed by atoms with Crippen LogP contribution in [0.15, 0.2) is 46.0 Å². The Morgan fingerprint density at radius 1 is 1.19 bits per heavy atom. The van der Waals surface area contributed by atoms with E-state index in [0.29, 0.717) is 17.9 Å². The maximum atomic E-state index is 12.0. The fraction of sp³-hybridized carbons (Fsp3) is 0.200. The van der Waals surface area contributed by atoms with Crippen molar-refractivity contribution in [1.29, 1.82) is 0 Å². The zero-order valence-electron chi connectivity index (χ0n) is 11.2. The molecule has 1 amide bonds. The van der Waals surface area contributed by atoms with Gasteiger partial charge in [0.25, 0.3) is 0 Å². The Morgan fingerprint density at radius 3 is 2.71 bits per heavy atom. The van der Waals surface area contributed by atoms with Gasteiger partial charge in [-0.25, -0.2) is 0 Å². The maximum Gasteiger partial charge on any atom is 0.303 e. The van der Waals surface area contributed by atoms with Crippen LogP contribution in [0.5, 0.6) is 0 Å². The van der Waals surface area contributed by atoms with E-state index in [2.05, 4.69) is 5.32 Å². The molecule has 21 heavy (non-hydrogen) atoms. The number of aliphatic carboxylic acids is 1. The van der Waals surface area contributed by atoms with Gasteiger partial charge in [-0.2, -0.15) is 0 Å². The molecule has 4 nitrogen and oxygen atoms in total. The number of hydrogen-bond donors (Lipinski definition) is 2. The number of para-hydroxylation sites is 1. The molecule has 0 radical (unpaired) electrons. The smallest absolute Gasteiger partial charge is 0.303 e. The lowest BCUT2D eigenvalue weighted by Crippen LogP contribution is -2.15. The van der Waals surface area contributed by atoms with Gasteiger partial charge >= 0.3 is 5.97 Å². The van der Waals surface area contributed by atoms with Crippen molar-refractivity contribution in [2.24, 2.45) is 0 Å². The van der Waals surface area contributed by atoms with Gasteiger partial charge in [0.15, 0.2) is 0 Å². The summed E-state index contributed by atoms with van der Waals surface area (Å²) in [6.07, 6.45) is 0.459. The molecule has 0 aliphatic carbocycles. The molecule has 0 aliphatic heterocycles. The fourth-order valence-corrected chi connectivity index (χ4v) is 3.35. The Kier molecular flexibility index (Phi) is 5.83. The summed E-state index contributed by atoms with van der Waals surface area (Å²) in [6, 6.07) is 11.2. The zero-order valence-corrected chi connectivity index (χ0v) is 12.9. The van der Waals surface area contributed by atoms with Crippen LogP contribution < -0.4 is 5.32 Å². The number of amides is 1.